The number of nitrogens with zero attached hydrogens (tertiary/aromatic N) is 2. The van der Waals surface area contributed by atoms with Gasteiger partial charge in [0.15, 0.2) is 5.69 Å². The Morgan fingerprint density at radius 1 is 1.35 bits per heavy atom. The molecule has 1 heterocycles. The molecule has 0 bridgehead atoms. The lowest BCUT2D eigenvalue weighted by Crippen LogP contribution is -2.28. The summed E-state index contributed by atoms with van der Waals surface area (Å²) in [4.78, 5) is 22.9. The topological polar surface area (TPSA) is 84.2 Å². The van der Waals surface area contributed by atoms with Crippen LogP contribution in [0, 0.1) is 0 Å². The predicted octanol–water partition coefficient (Wildman–Crippen LogP) is 1.65. The number of nitrogens with one attached hydrogen (secondary N) is 1. The molecule has 0 aliphatic carbocycles. The van der Waals surface area contributed by atoms with Crippen molar-refractivity contribution in [2.24, 2.45) is 0 Å². The Labute approximate surface area is 116 Å². The first-order valence-electron chi connectivity index (χ1n) is 6.59. The Morgan fingerprint density at radius 2 is 2.10 bits per heavy atom. The van der Waals surface area contributed by atoms with Gasteiger partial charge in [0, 0.05) is 11.9 Å². The largest absolute Gasteiger partial charge is 0.476 e. The third kappa shape index (κ3) is 2.96. The SMILES string of the molecule is CCCCNC(=O)Cn1nc(C(=O)O)c2ccccc21. The van der Waals surface area contributed by atoms with Gasteiger partial charge < -0.3 is 10.4 Å². The minimum Gasteiger partial charge on any atom is -0.476 e. The molecule has 0 atom stereocenters. The number of hydrogen-bond donors (Lipinski definition) is 2. The van der Waals surface area contributed by atoms with Gasteiger partial charge in [0.1, 0.15) is 6.54 Å². The van der Waals surface area contributed by atoms with Gasteiger partial charge in [0.2, 0.25) is 5.91 Å². The van der Waals surface area contributed by atoms with E-state index in [0.717, 1.165) is 12.8 Å². The number of benzene rings is 1. The van der Waals surface area contributed by atoms with Gasteiger partial charge in [-0.2, -0.15) is 5.10 Å². The van der Waals surface area contributed by atoms with Gasteiger partial charge in [-0.15, -0.1) is 0 Å². The second kappa shape index (κ2) is 6.18. The Bertz CT molecular complexity index is 634. The second-order valence-electron chi connectivity index (χ2n) is 4.53. The standard InChI is InChI=1S/C14H17N3O3/c1-2-3-8-15-12(18)9-17-11-7-5-4-6-10(11)13(16-17)14(19)20/h4-7H,2-3,8-9H2,1H3,(H,15,18)(H,19,20). The van der Waals surface area contributed by atoms with E-state index in [2.05, 4.69) is 10.4 Å². The minimum absolute atomic E-state index is 0.0253. The summed E-state index contributed by atoms with van der Waals surface area (Å²) < 4.78 is 1.43. The second-order valence-corrected chi connectivity index (χ2v) is 4.53. The average molecular weight is 275 g/mol. The van der Waals surface area contributed by atoms with Crippen LogP contribution in [0.5, 0.6) is 0 Å². The molecule has 0 aliphatic rings. The molecule has 0 saturated carbocycles. The Balaban J connectivity index is 2.22. The van der Waals surface area contributed by atoms with Crippen molar-refractivity contribution < 1.29 is 14.7 Å². The molecule has 6 nitrogen and oxygen atoms in total. The normalized spacial score (nSPS) is 10.7. The fourth-order valence-electron chi connectivity index (χ4n) is 2.00. The fraction of sp³-hybridized carbons (Fsp3) is 0.357. The van der Waals surface area contributed by atoms with Gasteiger partial charge in [0.05, 0.1) is 5.52 Å². The molecule has 2 rings (SSSR count). The van der Waals surface area contributed by atoms with Gasteiger partial charge >= 0.3 is 5.97 Å². The average Bonchev–Trinajstić information content (AvgIpc) is 2.78. The van der Waals surface area contributed by atoms with Crippen LogP contribution in [0.15, 0.2) is 24.3 Å². The molecule has 1 aromatic heterocycles. The summed E-state index contributed by atoms with van der Waals surface area (Å²) >= 11 is 0. The molecule has 20 heavy (non-hydrogen) atoms. The van der Waals surface area contributed by atoms with Crippen LogP contribution >= 0.6 is 0 Å². The molecule has 1 aromatic carbocycles. The fourth-order valence-corrected chi connectivity index (χ4v) is 2.00. The predicted molar refractivity (Wildman–Crippen MR) is 74.6 cm³/mol. The first-order valence-corrected chi connectivity index (χ1v) is 6.59. The van der Waals surface area contributed by atoms with E-state index in [1.165, 1.54) is 4.68 Å². The highest BCUT2D eigenvalue weighted by molar-refractivity contribution is 6.01. The smallest absolute Gasteiger partial charge is 0.357 e. The zero-order chi connectivity index (χ0) is 14.5. The van der Waals surface area contributed by atoms with Crippen LogP contribution in [0.1, 0.15) is 30.3 Å². The van der Waals surface area contributed by atoms with E-state index < -0.39 is 5.97 Å². The molecule has 0 spiro atoms. The number of carboxylic acid groups (broad SMARTS) is 1. The zero-order valence-corrected chi connectivity index (χ0v) is 11.3. The lowest BCUT2D eigenvalue weighted by Gasteiger charge is -2.05. The minimum atomic E-state index is -1.09. The van der Waals surface area contributed by atoms with Crippen LogP contribution in [0.2, 0.25) is 0 Å². The number of amides is 1. The van der Waals surface area contributed by atoms with Crippen molar-refractivity contribution in [3.63, 3.8) is 0 Å². The molecule has 0 fully saturated rings. The van der Waals surface area contributed by atoms with E-state index in [9.17, 15) is 9.59 Å². The van der Waals surface area contributed by atoms with E-state index in [1.54, 1.807) is 24.3 Å². The molecular formula is C14H17N3O3. The maximum absolute atomic E-state index is 11.8. The summed E-state index contributed by atoms with van der Waals surface area (Å²) in [5.41, 5.74) is 0.623. The number of carbonyl (C=O) groups is 2. The molecule has 106 valence electrons. The van der Waals surface area contributed by atoms with Crippen molar-refractivity contribution in [3.05, 3.63) is 30.0 Å². The summed E-state index contributed by atoms with van der Waals surface area (Å²) in [5, 5.41) is 16.5. The number of unbranched alkanes of at least 4 members (excludes halogenated alkanes) is 1. The van der Waals surface area contributed by atoms with Gasteiger partial charge in [-0.1, -0.05) is 31.5 Å². The van der Waals surface area contributed by atoms with E-state index in [4.69, 9.17) is 5.11 Å². The van der Waals surface area contributed by atoms with Crippen molar-refractivity contribution in [2.45, 2.75) is 26.3 Å². The van der Waals surface area contributed by atoms with Crippen molar-refractivity contribution >= 4 is 22.8 Å². The quantitative estimate of drug-likeness (QED) is 0.785. The van der Waals surface area contributed by atoms with Crippen molar-refractivity contribution in [3.8, 4) is 0 Å². The maximum Gasteiger partial charge on any atom is 0.357 e. The van der Waals surface area contributed by atoms with Crippen LogP contribution in [0.3, 0.4) is 0 Å². The molecule has 0 radical (unpaired) electrons. The lowest BCUT2D eigenvalue weighted by atomic mass is 10.2. The van der Waals surface area contributed by atoms with Crippen molar-refractivity contribution in [2.75, 3.05) is 6.54 Å². The monoisotopic (exact) mass is 275 g/mol. The Hall–Kier alpha value is -2.37. The first-order chi connectivity index (χ1) is 9.63. The third-order valence-corrected chi connectivity index (χ3v) is 3.01. The number of carbonyl (C=O) groups excluding carboxylic acids is 1. The van der Waals surface area contributed by atoms with Gasteiger partial charge in [-0.3, -0.25) is 9.48 Å². The van der Waals surface area contributed by atoms with Crippen molar-refractivity contribution in [1.29, 1.82) is 0 Å². The molecule has 1 amide bonds. The molecule has 0 saturated heterocycles. The first kappa shape index (κ1) is 14.0. The van der Waals surface area contributed by atoms with Crippen LogP contribution in [-0.2, 0) is 11.3 Å². The summed E-state index contributed by atoms with van der Waals surface area (Å²) in [6.07, 6.45) is 1.93. The molecule has 0 aliphatic heterocycles. The number of rotatable bonds is 6. The van der Waals surface area contributed by atoms with Gasteiger partial charge in [-0.05, 0) is 12.5 Å². The van der Waals surface area contributed by atoms with E-state index in [1.807, 2.05) is 6.92 Å². The summed E-state index contributed by atoms with van der Waals surface area (Å²) in [6.45, 7) is 2.70. The highest BCUT2D eigenvalue weighted by atomic mass is 16.4. The molecule has 0 unspecified atom stereocenters. The van der Waals surface area contributed by atoms with Crippen LogP contribution < -0.4 is 5.32 Å². The molecule has 2 aromatic rings. The van der Waals surface area contributed by atoms with E-state index in [-0.39, 0.29) is 18.1 Å². The van der Waals surface area contributed by atoms with Crippen LogP contribution in [-0.4, -0.2) is 33.3 Å². The van der Waals surface area contributed by atoms with Crippen molar-refractivity contribution in [1.82, 2.24) is 15.1 Å². The molecular weight excluding hydrogens is 258 g/mol. The summed E-state index contributed by atoms with van der Waals surface area (Å²) in [5.74, 6) is -1.25. The number of fused-ring (bicyclic) bond motifs is 1. The maximum atomic E-state index is 11.8. The summed E-state index contributed by atoms with van der Waals surface area (Å²) in [6, 6.07) is 6.99. The number of carboxylic acids is 1. The Kier molecular flexibility index (Phi) is 4.34. The Morgan fingerprint density at radius 3 is 2.80 bits per heavy atom. The number of aromatic carboxylic acids is 1. The summed E-state index contributed by atoms with van der Waals surface area (Å²) in [7, 11) is 0. The van der Waals surface area contributed by atoms with Crippen LogP contribution in [0.25, 0.3) is 10.9 Å². The van der Waals surface area contributed by atoms with Gasteiger partial charge in [0.25, 0.3) is 0 Å². The lowest BCUT2D eigenvalue weighted by molar-refractivity contribution is -0.121. The molecule has 6 heteroatoms. The zero-order valence-electron chi connectivity index (χ0n) is 11.3. The highest BCUT2D eigenvalue weighted by Crippen LogP contribution is 2.18. The third-order valence-electron chi connectivity index (χ3n) is 3.01. The highest BCUT2D eigenvalue weighted by Gasteiger charge is 2.16. The van der Waals surface area contributed by atoms with E-state index >= 15 is 0 Å². The number of para-hydroxylation sites is 1. The molecule has 2 N–H and O–H groups in total. The van der Waals surface area contributed by atoms with Crippen LogP contribution in [0.4, 0.5) is 0 Å². The number of aromatic nitrogens is 2. The number of hydrogen-bond acceptors (Lipinski definition) is 3. The van der Waals surface area contributed by atoms with Gasteiger partial charge in [-0.25, -0.2) is 4.79 Å². The van der Waals surface area contributed by atoms with E-state index in [0.29, 0.717) is 17.4 Å².